The molecule has 0 aliphatic carbocycles. The molecule has 2 aromatic heterocycles. The third-order valence-corrected chi connectivity index (χ3v) is 8.02. The summed E-state index contributed by atoms with van der Waals surface area (Å²) in [4.78, 5) is 11.2. The maximum atomic E-state index is 13.0. The van der Waals surface area contributed by atoms with Gasteiger partial charge in [-0.1, -0.05) is 30.3 Å². The van der Waals surface area contributed by atoms with Crippen LogP contribution < -0.4 is 5.32 Å². The molecule has 152 valence electrons. The monoisotopic (exact) mass is 411 g/mol. The summed E-state index contributed by atoms with van der Waals surface area (Å²) in [5, 5.41) is 4.34. The van der Waals surface area contributed by atoms with Crippen LogP contribution in [0, 0.1) is 0 Å². The number of piperidine rings is 1. The Morgan fingerprint density at radius 1 is 1.07 bits per heavy atom. The van der Waals surface area contributed by atoms with E-state index in [-0.39, 0.29) is 5.75 Å². The molecule has 2 fully saturated rings. The molecule has 0 radical (unpaired) electrons. The number of anilines is 1. The van der Waals surface area contributed by atoms with Crippen molar-refractivity contribution in [1.29, 1.82) is 0 Å². The summed E-state index contributed by atoms with van der Waals surface area (Å²) < 4.78 is 27.3. The Morgan fingerprint density at radius 2 is 1.86 bits per heavy atom. The van der Waals surface area contributed by atoms with Crippen LogP contribution in [0.25, 0.3) is 11.0 Å². The average molecular weight is 412 g/mol. The van der Waals surface area contributed by atoms with E-state index in [1.54, 1.807) is 12.3 Å². The van der Waals surface area contributed by atoms with Crippen LogP contribution in [0.1, 0.15) is 31.2 Å². The summed E-state index contributed by atoms with van der Waals surface area (Å²) in [5.74, 6) is 0.647. The normalized spacial score (nSPS) is 24.8. The number of benzene rings is 1. The van der Waals surface area contributed by atoms with Gasteiger partial charge < -0.3 is 5.32 Å². The Balaban J connectivity index is 1.45. The molecule has 3 unspecified atom stereocenters. The summed E-state index contributed by atoms with van der Waals surface area (Å²) in [5.41, 5.74) is 1.18. The molecule has 1 aromatic carbocycles. The molecule has 0 spiro atoms. The minimum Gasteiger partial charge on any atom is -0.365 e. The lowest BCUT2D eigenvalue weighted by Gasteiger charge is -2.38. The van der Waals surface area contributed by atoms with Crippen LogP contribution in [0.3, 0.4) is 0 Å². The lowest BCUT2D eigenvalue weighted by atomic mass is 9.98. The van der Waals surface area contributed by atoms with E-state index >= 15 is 0 Å². The molecule has 3 atom stereocenters. The first kappa shape index (κ1) is 18.6. The van der Waals surface area contributed by atoms with Gasteiger partial charge in [0.2, 0.25) is 10.0 Å². The maximum Gasteiger partial charge on any atom is 0.244 e. The number of rotatable bonds is 5. The quantitative estimate of drug-likeness (QED) is 0.695. The second kappa shape index (κ2) is 7.11. The smallest absolute Gasteiger partial charge is 0.244 e. The van der Waals surface area contributed by atoms with Crippen molar-refractivity contribution in [2.45, 2.75) is 49.6 Å². The van der Waals surface area contributed by atoms with Crippen molar-refractivity contribution in [2.24, 2.45) is 0 Å². The Labute approximate surface area is 170 Å². The number of likely N-dealkylation sites (N-methyl/N-ethyl adjacent to an activating group) is 1. The van der Waals surface area contributed by atoms with Gasteiger partial charge in [0.15, 0.2) is 5.65 Å². The van der Waals surface area contributed by atoms with Crippen LogP contribution >= 0.6 is 0 Å². The topological polar surface area (TPSA) is 80.1 Å². The number of hydrogen-bond acceptors (Lipinski definition) is 6. The largest absolute Gasteiger partial charge is 0.365 e. The summed E-state index contributed by atoms with van der Waals surface area (Å²) in [7, 11) is -1.37. The van der Waals surface area contributed by atoms with Crippen molar-refractivity contribution in [3.8, 4) is 0 Å². The van der Waals surface area contributed by atoms with Gasteiger partial charge in [0.1, 0.15) is 12.1 Å². The molecule has 2 aliphatic heterocycles. The molecule has 3 aromatic rings. The minimum atomic E-state index is -3.57. The van der Waals surface area contributed by atoms with Crippen molar-refractivity contribution in [2.75, 3.05) is 12.4 Å². The fraction of sp³-hybridized carbons (Fsp3) is 0.429. The summed E-state index contributed by atoms with van der Waals surface area (Å²) in [6, 6.07) is 12.5. The molecule has 29 heavy (non-hydrogen) atoms. The lowest BCUT2D eigenvalue weighted by Crippen LogP contribution is -2.48. The molecule has 1 N–H and O–H groups in total. The van der Waals surface area contributed by atoms with Gasteiger partial charge in [-0.05, 0) is 44.4 Å². The van der Waals surface area contributed by atoms with Gasteiger partial charge in [-0.15, -0.1) is 0 Å². The number of fused-ring (bicyclic) bond motifs is 3. The van der Waals surface area contributed by atoms with Gasteiger partial charge in [0.25, 0.3) is 0 Å². The highest BCUT2D eigenvalue weighted by Gasteiger charge is 2.40. The Bertz CT molecular complexity index is 1130. The molecule has 2 aliphatic rings. The highest BCUT2D eigenvalue weighted by atomic mass is 32.2. The molecule has 0 amide bonds. The first-order valence-electron chi connectivity index (χ1n) is 10.1. The van der Waals surface area contributed by atoms with Crippen LogP contribution in [-0.4, -0.2) is 52.4 Å². The number of nitrogens with one attached hydrogen (secondary N) is 1. The number of hydrogen-bond donors (Lipinski definition) is 1. The second-order valence-corrected chi connectivity index (χ2v) is 9.95. The summed E-state index contributed by atoms with van der Waals surface area (Å²) in [6.45, 7) is 0. The molecule has 4 heterocycles. The zero-order chi connectivity index (χ0) is 20.0. The first-order chi connectivity index (χ1) is 14.0. The van der Waals surface area contributed by atoms with Crippen molar-refractivity contribution >= 4 is 26.9 Å². The van der Waals surface area contributed by atoms with Gasteiger partial charge in [0.05, 0.1) is 11.1 Å². The van der Waals surface area contributed by atoms with Crippen LogP contribution in [0.4, 0.5) is 5.82 Å². The maximum absolute atomic E-state index is 13.0. The van der Waals surface area contributed by atoms with E-state index in [0.29, 0.717) is 29.6 Å². The predicted molar refractivity (Wildman–Crippen MR) is 113 cm³/mol. The molecule has 2 saturated heterocycles. The van der Waals surface area contributed by atoms with E-state index in [2.05, 4.69) is 27.2 Å². The molecule has 7 nitrogen and oxygen atoms in total. The predicted octanol–water partition coefficient (Wildman–Crippen LogP) is 2.85. The summed E-state index contributed by atoms with van der Waals surface area (Å²) in [6.07, 6.45) is 7.78. The minimum absolute atomic E-state index is 0.0682. The van der Waals surface area contributed by atoms with E-state index in [1.807, 2.05) is 30.3 Å². The van der Waals surface area contributed by atoms with Crippen molar-refractivity contribution < 1.29 is 8.42 Å². The fourth-order valence-corrected chi connectivity index (χ4v) is 6.31. The van der Waals surface area contributed by atoms with Gasteiger partial charge in [0, 0.05) is 24.3 Å². The van der Waals surface area contributed by atoms with E-state index in [4.69, 9.17) is 0 Å². The van der Waals surface area contributed by atoms with Gasteiger partial charge in [-0.2, -0.15) is 0 Å². The van der Waals surface area contributed by atoms with Gasteiger partial charge in [-0.3, -0.25) is 4.90 Å². The SMILES string of the molecule is CN1C2CCC(Nc3ncnc4c3ccn4S(=O)(=O)Cc3ccccc3)C1CC2. The zero-order valence-electron chi connectivity index (χ0n) is 16.4. The van der Waals surface area contributed by atoms with Gasteiger partial charge in [-0.25, -0.2) is 22.4 Å². The van der Waals surface area contributed by atoms with Crippen molar-refractivity contribution in [3.05, 3.63) is 54.5 Å². The zero-order valence-corrected chi connectivity index (χ0v) is 17.2. The first-order valence-corrected chi connectivity index (χ1v) is 11.7. The van der Waals surface area contributed by atoms with E-state index < -0.39 is 10.0 Å². The van der Waals surface area contributed by atoms with Crippen LogP contribution in [0.2, 0.25) is 0 Å². The van der Waals surface area contributed by atoms with Crippen molar-refractivity contribution in [1.82, 2.24) is 18.8 Å². The van der Waals surface area contributed by atoms with Crippen molar-refractivity contribution in [3.63, 3.8) is 0 Å². The molecule has 0 saturated carbocycles. The van der Waals surface area contributed by atoms with E-state index in [1.165, 1.54) is 29.6 Å². The highest BCUT2D eigenvalue weighted by Crippen LogP contribution is 2.36. The van der Waals surface area contributed by atoms with Gasteiger partial charge >= 0.3 is 0 Å². The molecule has 5 rings (SSSR count). The number of nitrogens with zero attached hydrogens (tertiary/aromatic N) is 4. The second-order valence-electron chi connectivity index (χ2n) is 8.11. The Morgan fingerprint density at radius 3 is 2.69 bits per heavy atom. The average Bonchev–Trinajstić information content (AvgIpc) is 3.24. The van der Waals surface area contributed by atoms with E-state index in [0.717, 1.165) is 17.4 Å². The van der Waals surface area contributed by atoms with Crippen LogP contribution in [0.15, 0.2) is 48.9 Å². The molecule has 2 bridgehead atoms. The highest BCUT2D eigenvalue weighted by molar-refractivity contribution is 7.89. The Hall–Kier alpha value is -2.45. The van der Waals surface area contributed by atoms with E-state index in [9.17, 15) is 8.42 Å². The summed E-state index contributed by atoms with van der Waals surface area (Å²) >= 11 is 0. The lowest BCUT2D eigenvalue weighted by molar-refractivity contribution is 0.165. The number of aromatic nitrogens is 3. The molecule has 8 heteroatoms. The molecular formula is C21H25N5O2S. The fourth-order valence-electron chi connectivity index (χ4n) is 4.90. The Kier molecular flexibility index (Phi) is 4.55. The molecular weight excluding hydrogens is 386 g/mol. The standard InChI is InChI=1S/C21H25N5O2S/c1-25-16-7-9-18(19(25)10-8-16)24-20-17-11-12-26(21(17)23-14-22-20)29(27,28)13-15-5-3-2-4-6-15/h2-6,11-12,14,16,18-19H,7-10,13H2,1H3,(H,22,23,24). The third kappa shape index (κ3) is 3.30. The third-order valence-electron chi connectivity index (χ3n) is 6.43. The van der Waals surface area contributed by atoms with Crippen LogP contribution in [-0.2, 0) is 15.8 Å². The van der Waals surface area contributed by atoms with Crippen LogP contribution in [0.5, 0.6) is 0 Å².